The number of hydrogen-bond acceptors (Lipinski definition) is 3. The Kier molecular flexibility index (Phi) is 7.14. The van der Waals surface area contributed by atoms with Crippen LogP contribution in [0.3, 0.4) is 0 Å². The summed E-state index contributed by atoms with van der Waals surface area (Å²) in [6.07, 6.45) is 0.824. The summed E-state index contributed by atoms with van der Waals surface area (Å²) in [5.41, 5.74) is 2.99. The molecule has 2 rings (SSSR count). The molecule has 0 saturated carbocycles. The number of carbonyl (C=O) groups excluding carboxylic acids is 1. The second-order valence-electron chi connectivity index (χ2n) is 4.97. The lowest BCUT2D eigenvalue weighted by Crippen LogP contribution is -2.04. The Morgan fingerprint density at radius 2 is 1.56 bits per heavy atom. The van der Waals surface area contributed by atoms with Gasteiger partial charge in [-0.1, -0.05) is 39.6 Å². The van der Waals surface area contributed by atoms with Crippen LogP contribution in [0.1, 0.15) is 33.5 Å². The van der Waals surface area contributed by atoms with E-state index in [1.165, 1.54) is 14.2 Å². The lowest BCUT2D eigenvalue weighted by molar-refractivity contribution is 0.0597. The third-order valence-corrected chi connectivity index (χ3v) is 3.69. The first-order valence-corrected chi connectivity index (χ1v) is 8.73. The smallest absolute Gasteiger partial charge is 0.341 e. The molecule has 0 aliphatic carbocycles. The van der Waals surface area contributed by atoms with Crippen molar-refractivity contribution in [3.8, 4) is 29.4 Å². The van der Waals surface area contributed by atoms with Gasteiger partial charge in [-0.2, -0.15) is 0 Å². The number of esters is 1. The molecule has 0 N–H and O–H groups in total. The fourth-order valence-corrected chi connectivity index (χ4v) is 2.24. The third-order valence-electron chi connectivity index (χ3n) is 3.30. The van der Waals surface area contributed by atoms with Crippen LogP contribution in [0.2, 0.25) is 0 Å². The number of rotatable bonds is 3. The van der Waals surface area contributed by atoms with Gasteiger partial charge in [-0.15, -0.1) is 0 Å². The molecular formula is C21H17BrO3. The van der Waals surface area contributed by atoms with E-state index in [0.29, 0.717) is 11.3 Å². The van der Waals surface area contributed by atoms with Crippen molar-refractivity contribution >= 4 is 21.9 Å². The molecule has 0 fully saturated rings. The first-order chi connectivity index (χ1) is 12.2. The van der Waals surface area contributed by atoms with Gasteiger partial charge in [-0.3, -0.25) is 0 Å². The predicted octanol–water partition coefficient (Wildman–Crippen LogP) is 4.02. The van der Waals surface area contributed by atoms with E-state index < -0.39 is 5.97 Å². The number of benzene rings is 2. The fourth-order valence-electron chi connectivity index (χ4n) is 2.04. The minimum absolute atomic E-state index is 0.377. The van der Waals surface area contributed by atoms with Crippen LogP contribution < -0.4 is 4.74 Å². The number of carbonyl (C=O) groups is 1. The van der Waals surface area contributed by atoms with Crippen molar-refractivity contribution in [3.63, 3.8) is 0 Å². The quantitative estimate of drug-likeness (QED) is 0.446. The number of halogens is 1. The summed E-state index contributed by atoms with van der Waals surface area (Å²) >= 11 is 3.35. The molecule has 0 atom stereocenters. The van der Waals surface area contributed by atoms with Gasteiger partial charge in [-0.05, 0) is 42.5 Å². The van der Waals surface area contributed by atoms with Crippen LogP contribution in [0.25, 0.3) is 0 Å². The van der Waals surface area contributed by atoms with Gasteiger partial charge in [0.25, 0.3) is 0 Å². The van der Waals surface area contributed by atoms with Gasteiger partial charge in [0, 0.05) is 28.4 Å². The maximum Gasteiger partial charge on any atom is 0.341 e. The highest BCUT2D eigenvalue weighted by Gasteiger charge is 2.12. The van der Waals surface area contributed by atoms with E-state index in [1.54, 1.807) is 18.2 Å². The van der Waals surface area contributed by atoms with E-state index in [0.717, 1.165) is 28.4 Å². The minimum Gasteiger partial charge on any atom is -0.496 e. The predicted molar refractivity (Wildman–Crippen MR) is 102 cm³/mol. The van der Waals surface area contributed by atoms with Crippen LogP contribution in [0.4, 0.5) is 0 Å². The molecule has 0 spiro atoms. The van der Waals surface area contributed by atoms with E-state index in [2.05, 4.69) is 39.6 Å². The zero-order valence-electron chi connectivity index (χ0n) is 14.1. The molecule has 3 nitrogen and oxygen atoms in total. The lowest BCUT2D eigenvalue weighted by Gasteiger charge is -2.06. The molecule has 126 valence electrons. The highest BCUT2D eigenvalue weighted by Crippen LogP contribution is 2.20. The van der Waals surface area contributed by atoms with Gasteiger partial charge in [0.1, 0.15) is 11.3 Å². The molecule has 0 aromatic heterocycles. The van der Waals surface area contributed by atoms with Gasteiger partial charge in [0.15, 0.2) is 0 Å². The van der Waals surface area contributed by atoms with Crippen molar-refractivity contribution in [1.82, 2.24) is 0 Å². The molecular weight excluding hydrogens is 380 g/mol. The van der Waals surface area contributed by atoms with Crippen LogP contribution in [-0.4, -0.2) is 25.5 Å². The normalized spacial score (nSPS) is 9.24. The summed E-state index contributed by atoms with van der Waals surface area (Å²) in [5, 5.41) is 0.877. The molecule has 0 radical (unpaired) electrons. The van der Waals surface area contributed by atoms with Gasteiger partial charge < -0.3 is 9.47 Å². The summed E-state index contributed by atoms with van der Waals surface area (Å²) < 4.78 is 9.96. The lowest BCUT2D eigenvalue weighted by atomic mass is 10.1. The van der Waals surface area contributed by atoms with Gasteiger partial charge in [0.2, 0.25) is 0 Å². The van der Waals surface area contributed by atoms with Crippen molar-refractivity contribution in [1.29, 1.82) is 0 Å². The van der Waals surface area contributed by atoms with E-state index in [1.807, 2.05) is 24.3 Å². The topological polar surface area (TPSA) is 35.5 Å². The summed E-state index contributed by atoms with van der Waals surface area (Å²) in [5.74, 6) is 12.3. The van der Waals surface area contributed by atoms with E-state index >= 15 is 0 Å². The molecule has 2 aromatic rings. The molecule has 0 amide bonds. The molecule has 0 heterocycles. The number of alkyl halides is 1. The van der Waals surface area contributed by atoms with Crippen LogP contribution in [0.15, 0.2) is 42.5 Å². The van der Waals surface area contributed by atoms with Crippen LogP contribution >= 0.6 is 15.9 Å². The first kappa shape index (κ1) is 18.6. The summed E-state index contributed by atoms with van der Waals surface area (Å²) in [6, 6.07) is 12.9. The van der Waals surface area contributed by atoms with Crippen molar-refractivity contribution in [2.45, 2.75) is 6.42 Å². The number of methoxy groups -OCH3 is 2. The first-order valence-electron chi connectivity index (χ1n) is 7.61. The Morgan fingerprint density at radius 1 is 0.960 bits per heavy atom. The number of ether oxygens (including phenoxy) is 2. The highest BCUT2D eigenvalue weighted by atomic mass is 79.9. The third kappa shape index (κ3) is 5.41. The van der Waals surface area contributed by atoms with E-state index in [9.17, 15) is 4.79 Å². The Bertz CT molecular complexity index is 862. The maximum absolute atomic E-state index is 11.7. The Hall–Kier alpha value is -2.69. The van der Waals surface area contributed by atoms with Crippen molar-refractivity contribution in [2.24, 2.45) is 0 Å². The standard InChI is InChI=1S/C21H17BrO3/c1-24-20-15-18(12-13-19(20)21(23)25-2)11-10-17-8-6-16(7-9-17)5-3-4-14-22/h6-9,12-13,15H,4,14H2,1-2H3. The molecule has 0 aliphatic rings. The maximum atomic E-state index is 11.7. The van der Waals surface area contributed by atoms with E-state index in [4.69, 9.17) is 9.47 Å². The average Bonchev–Trinajstić information content (AvgIpc) is 2.66. The summed E-state index contributed by atoms with van der Waals surface area (Å²) in [4.78, 5) is 11.7. The largest absolute Gasteiger partial charge is 0.496 e. The highest BCUT2D eigenvalue weighted by molar-refractivity contribution is 9.09. The van der Waals surface area contributed by atoms with Crippen LogP contribution in [0.5, 0.6) is 5.75 Å². The second-order valence-corrected chi connectivity index (χ2v) is 5.77. The molecule has 2 aromatic carbocycles. The van der Waals surface area contributed by atoms with Crippen molar-refractivity contribution < 1.29 is 14.3 Å². The molecule has 0 aliphatic heterocycles. The fraction of sp³-hybridized carbons (Fsp3) is 0.190. The average molecular weight is 397 g/mol. The monoisotopic (exact) mass is 396 g/mol. The molecule has 0 bridgehead atoms. The molecule has 0 saturated heterocycles. The summed E-state index contributed by atoms with van der Waals surface area (Å²) in [7, 11) is 2.85. The van der Waals surface area contributed by atoms with E-state index in [-0.39, 0.29) is 0 Å². The van der Waals surface area contributed by atoms with Crippen LogP contribution in [0, 0.1) is 23.7 Å². The summed E-state index contributed by atoms with van der Waals surface area (Å²) in [6.45, 7) is 0. The van der Waals surface area contributed by atoms with Gasteiger partial charge in [-0.25, -0.2) is 4.79 Å². The Balaban J connectivity index is 2.18. The van der Waals surface area contributed by atoms with Crippen molar-refractivity contribution in [2.75, 3.05) is 19.5 Å². The van der Waals surface area contributed by atoms with Gasteiger partial charge >= 0.3 is 5.97 Å². The SMILES string of the molecule is COC(=O)c1ccc(C#Cc2ccc(C#CCCBr)cc2)cc1OC. The molecule has 0 unspecified atom stereocenters. The Labute approximate surface area is 156 Å². The minimum atomic E-state index is -0.437. The van der Waals surface area contributed by atoms with Crippen LogP contribution in [-0.2, 0) is 4.74 Å². The van der Waals surface area contributed by atoms with Crippen molar-refractivity contribution in [3.05, 3.63) is 64.7 Å². The zero-order valence-corrected chi connectivity index (χ0v) is 15.6. The molecule has 4 heteroatoms. The van der Waals surface area contributed by atoms with Gasteiger partial charge in [0.05, 0.1) is 14.2 Å². The number of hydrogen-bond donors (Lipinski definition) is 0. The Morgan fingerprint density at radius 3 is 2.16 bits per heavy atom. The molecule has 25 heavy (non-hydrogen) atoms. The zero-order chi connectivity index (χ0) is 18.1. The second kappa shape index (κ2) is 9.57.